The van der Waals surface area contributed by atoms with Crippen LogP contribution in [0, 0.1) is 0 Å². The number of aromatic nitrogens is 1. The normalized spacial score (nSPS) is 10.9. The van der Waals surface area contributed by atoms with Crippen molar-refractivity contribution in [3.05, 3.63) is 28.2 Å². The fraction of sp³-hybridized carbons (Fsp3) is 0.222. The van der Waals surface area contributed by atoms with E-state index in [9.17, 15) is 0 Å². The zero-order valence-corrected chi connectivity index (χ0v) is 8.75. The molecule has 2 rings (SSSR count). The molecular formula is C9H9ClN2S. The number of hydrogen-bond acceptors (Lipinski definition) is 3. The van der Waals surface area contributed by atoms with Crippen molar-refractivity contribution in [1.82, 2.24) is 10.3 Å². The van der Waals surface area contributed by atoms with Gasteiger partial charge in [-0.05, 0) is 24.7 Å². The van der Waals surface area contributed by atoms with Crippen LogP contribution in [0.2, 0.25) is 5.02 Å². The molecule has 68 valence electrons. The van der Waals surface area contributed by atoms with Crippen LogP contribution in [-0.4, -0.2) is 12.0 Å². The van der Waals surface area contributed by atoms with E-state index in [1.807, 2.05) is 24.7 Å². The largest absolute Gasteiger partial charge is 0.316 e. The fourth-order valence-electron chi connectivity index (χ4n) is 1.32. The van der Waals surface area contributed by atoms with E-state index in [2.05, 4.69) is 10.3 Å². The molecule has 2 nitrogen and oxygen atoms in total. The molecule has 0 bridgehead atoms. The van der Waals surface area contributed by atoms with Crippen molar-refractivity contribution in [1.29, 1.82) is 0 Å². The van der Waals surface area contributed by atoms with Crippen LogP contribution >= 0.6 is 22.9 Å². The number of halogens is 1. The van der Waals surface area contributed by atoms with E-state index in [4.69, 9.17) is 11.6 Å². The number of fused-ring (bicyclic) bond motifs is 1. The minimum atomic E-state index is 0.753. The Bertz CT molecular complexity index is 424. The van der Waals surface area contributed by atoms with Gasteiger partial charge >= 0.3 is 0 Å². The third-order valence-corrected chi connectivity index (χ3v) is 2.98. The number of rotatable bonds is 2. The quantitative estimate of drug-likeness (QED) is 0.828. The van der Waals surface area contributed by atoms with Gasteiger partial charge in [-0.15, -0.1) is 11.3 Å². The Morgan fingerprint density at radius 1 is 1.54 bits per heavy atom. The van der Waals surface area contributed by atoms with Crippen LogP contribution in [0.15, 0.2) is 17.6 Å². The van der Waals surface area contributed by atoms with Crippen LogP contribution in [0.4, 0.5) is 0 Å². The fourth-order valence-corrected chi connectivity index (χ4v) is 2.35. The average Bonchev–Trinajstić information content (AvgIpc) is 2.52. The lowest BCUT2D eigenvalue weighted by molar-refractivity contribution is 0.824. The van der Waals surface area contributed by atoms with E-state index < -0.39 is 0 Å². The zero-order valence-electron chi connectivity index (χ0n) is 7.17. The summed E-state index contributed by atoms with van der Waals surface area (Å²) < 4.78 is 1.22. The lowest BCUT2D eigenvalue weighted by atomic mass is 10.2. The number of thiazole rings is 1. The van der Waals surface area contributed by atoms with Crippen molar-refractivity contribution in [3.8, 4) is 0 Å². The Morgan fingerprint density at radius 3 is 3.15 bits per heavy atom. The van der Waals surface area contributed by atoms with Crippen molar-refractivity contribution in [2.45, 2.75) is 6.54 Å². The average molecular weight is 213 g/mol. The first-order chi connectivity index (χ1) is 6.31. The molecule has 0 aliphatic heterocycles. The second-order valence-corrected chi connectivity index (χ2v) is 4.09. The maximum atomic E-state index is 5.95. The lowest BCUT2D eigenvalue weighted by Crippen LogP contribution is -2.04. The monoisotopic (exact) mass is 212 g/mol. The predicted molar refractivity (Wildman–Crippen MR) is 57.4 cm³/mol. The molecule has 13 heavy (non-hydrogen) atoms. The minimum Gasteiger partial charge on any atom is -0.316 e. The molecule has 0 aliphatic rings. The van der Waals surface area contributed by atoms with Gasteiger partial charge in [0.2, 0.25) is 0 Å². The molecule has 1 N–H and O–H groups in total. The van der Waals surface area contributed by atoms with E-state index >= 15 is 0 Å². The number of hydrogen-bond donors (Lipinski definition) is 1. The van der Waals surface area contributed by atoms with Crippen LogP contribution in [-0.2, 0) is 6.54 Å². The Kier molecular flexibility index (Phi) is 2.49. The molecular weight excluding hydrogens is 204 g/mol. The molecule has 1 aromatic heterocycles. The highest BCUT2D eigenvalue weighted by atomic mass is 35.5. The van der Waals surface area contributed by atoms with Gasteiger partial charge in [-0.2, -0.15) is 0 Å². The smallest absolute Gasteiger partial charge is 0.0830 e. The Morgan fingerprint density at radius 2 is 2.38 bits per heavy atom. The summed E-state index contributed by atoms with van der Waals surface area (Å²) in [6, 6.07) is 3.88. The van der Waals surface area contributed by atoms with Crippen molar-refractivity contribution in [3.63, 3.8) is 0 Å². The predicted octanol–water partition coefficient (Wildman–Crippen LogP) is 2.67. The van der Waals surface area contributed by atoms with Crippen molar-refractivity contribution >= 4 is 33.2 Å². The van der Waals surface area contributed by atoms with Crippen LogP contribution in [0.5, 0.6) is 0 Å². The van der Waals surface area contributed by atoms with Gasteiger partial charge in [0, 0.05) is 11.6 Å². The first-order valence-corrected chi connectivity index (χ1v) is 5.23. The maximum Gasteiger partial charge on any atom is 0.0830 e. The highest BCUT2D eigenvalue weighted by Crippen LogP contribution is 2.26. The molecule has 0 radical (unpaired) electrons. The number of nitrogens with zero attached hydrogens (tertiary/aromatic N) is 1. The second kappa shape index (κ2) is 3.62. The Labute approximate surface area is 85.6 Å². The van der Waals surface area contributed by atoms with Gasteiger partial charge in [0.15, 0.2) is 0 Å². The molecule has 0 atom stereocenters. The summed E-state index contributed by atoms with van der Waals surface area (Å²) in [6.07, 6.45) is 0. The van der Waals surface area contributed by atoms with Crippen LogP contribution in [0.25, 0.3) is 10.2 Å². The molecule has 0 saturated carbocycles. The Hall–Kier alpha value is -0.640. The maximum absolute atomic E-state index is 5.95. The van der Waals surface area contributed by atoms with E-state index in [0.29, 0.717) is 0 Å². The molecule has 2 aromatic rings. The van der Waals surface area contributed by atoms with Crippen LogP contribution < -0.4 is 5.32 Å². The zero-order chi connectivity index (χ0) is 9.26. The van der Waals surface area contributed by atoms with Crippen molar-refractivity contribution < 1.29 is 0 Å². The molecule has 1 heterocycles. The first kappa shape index (κ1) is 8.94. The summed E-state index contributed by atoms with van der Waals surface area (Å²) in [7, 11) is 1.92. The minimum absolute atomic E-state index is 0.753. The van der Waals surface area contributed by atoms with Crippen LogP contribution in [0.1, 0.15) is 5.56 Å². The van der Waals surface area contributed by atoms with Gasteiger partial charge in [0.25, 0.3) is 0 Å². The third kappa shape index (κ3) is 1.68. The van der Waals surface area contributed by atoms with Gasteiger partial charge in [-0.1, -0.05) is 11.6 Å². The molecule has 1 aromatic carbocycles. The van der Waals surface area contributed by atoms with E-state index in [0.717, 1.165) is 17.1 Å². The van der Waals surface area contributed by atoms with Gasteiger partial charge in [0.05, 0.1) is 15.7 Å². The summed E-state index contributed by atoms with van der Waals surface area (Å²) in [4.78, 5) is 4.23. The van der Waals surface area contributed by atoms with Gasteiger partial charge in [-0.25, -0.2) is 4.98 Å². The summed E-state index contributed by atoms with van der Waals surface area (Å²) in [5.74, 6) is 0. The lowest BCUT2D eigenvalue weighted by Gasteiger charge is -2.01. The molecule has 0 unspecified atom stereocenters. The van der Waals surface area contributed by atoms with Crippen molar-refractivity contribution in [2.24, 2.45) is 0 Å². The van der Waals surface area contributed by atoms with Gasteiger partial charge in [0.1, 0.15) is 0 Å². The summed E-state index contributed by atoms with van der Waals surface area (Å²) in [6.45, 7) is 0.833. The highest BCUT2D eigenvalue weighted by Gasteiger charge is 2.04. The van der Waals surface area contributed by atoms with Gasteiger partial charge < -0.3 is 5.32 Å². The second-order valence-electron chi connectivity index (χ2n) is 2.80. The molecule has 0 aliphatic carbocycles. The summed E-state index contributed by atoms with van der Waals surface area (Å²) in [5.41, 5.74) is 4.05. The Balaban J connectivity index is 2.63. The standard InChI is InChI=1S/C9H9ClN2S/c1-11-4-6-2-7(10)3-8-9(6)13-5-12-8/h2-3,5,11H,4H2,1H3. The highest BCUT2D eigenvalue weighted by molar-refractivity contribution is 7.17. The topological polar surface area (TPSA) is 24.9 Å². The first-order valence-electron chi connectivity index (χ1n) is 3.97. The molecule has 0 amide bonds. The third-order valence-electron chi connectivity index (χ3n) is 1.84. The van der Waals surface area contributed by atoms with E-state index in [1.54, 1.807) is 11.3 Å². The van der Waals surface area contributed by atoms with Gasteiger partial charge in [-0.3, -0.25) is 0 Å². The summed E-state index contributed by atoms with van der Waals surface area (Å²) in [5, 5.41) is 3.87. The van der Waals surface area contributed by atoms with E-state index in [1.165, 1.54) is 10.3 Å². The molecule has 4 heteroatoms. The summed E-state index contributed by atoms with van der Waals surface area (Å²) >= 11 is 7.61. The number of benzene rings is 1. The SMILES string of the molecule is CNCc1cc(Cl)cc2ncsc12. The molecule has 0 fully saturated rings. The van der Waals surface area contributed by atoms with E-state index in [-0.39, 0.29) is 0 Å². The van der Waals surface area contributed by atoms with Crippen molar-refractivity contribution in [2.75, 3.05) is 7.05 Å². The number of nitrogens with one attached hydrogen (secondary N) is 1. The van der Waals surface area contributed by atoms with Crippen LogP contribution in [0.3, 0.4) is 0 Å². The molecule has 0 spiro atoms. The molecule has 0 saturated heterocycles.